The van der Waals surface area contributed by atoms with Gasteiger partial charge < -0.3 is 19.7 Å². The molecule has 2 unspecified atom stereocenters. The summed E-state index contributed by atoms with van der Waals surface area (Å²) in [5.41, 5.74) is 6.54. The molecule has 0 amide bonds. The largest absolute Gasteiger partial charge is 0.489 e. The van der Waals surface area contributed by atoms with Crippen molar-refractivity contribution in [3.8, 4) is 22.8 Å². The van der Waals surface area contributed by atoms with E-state index in [4.69, 9.17) is 26.2 Å². The van der Waals surface area contributed by atoms with Crippen molar-refractivity contribution in [3.05, 3.63) is 75.9 Å². The number of halogens is 1. The maximum absolute atomic E-state index is 11.7. The lowest BCUT2D eigenvalue weighted by Gasteiger charge is -2.26. The van der Waals surface area contributed by atoms with Gasteiger partial charge in [-0.2, -0.15) is 0 Å². The quantitative estimate of drug-likeness (QED) is 0.333. The van der Waals surface area contributed by atoms with Crippen LogP contribution < -0.4 is 9.47 Å². The molecule has 1 aromatic heterocycles. The molecule has 0 bridgehead atoms. The van der Waals surface area contributed by atoms with Crippen molar-refractivity contribution in [2.75, 3.05) is 14.2 Å². The maximum Gasteiger partial charge on any atom is 0.307 e. The molecule has 1 saturated carbocycles. The summed E-state index contributed by atoms with van der Waals surface area (Å²) in [5, 5.41) is 17.2. The molecule has 3 aromatic rings. The lowest BCUT2D eigenvalue weighted by molar-refractivity contribution is -0.139. The van der Waals surface area contributed by atoms with Gasteiger partial charge in [0.05, 0.1) is 24.2 Å². The first-order valence-corrected chi connectivity index (χ1v) is 13.7. The van der Waals surface area contributed by atoms with Crippen LogP contribution in [0.3, 0.4) is 0 Å². The molecule has 0 radical (unpaired) electrons. The Morgan fingerprint density at radius 3 is 2.56 bits per heavy atom. The Labute approximate surface area is 236 Å². The number of aliphatic carboxylic acids is 1. The summed E-state index contributed by atoms with van der Waals surface area (Å²) in [6, 6.07) is 14.5. The van der Waals surface area contributed by atoms with Crippen LogP contribution in [-0.4, -0.2) is 35.4 Å². The average Bonchev–Trinajstić information content (AvgIpc) is 3.63. The summed E-state index contributed by atoms with van der Waals surface area (Å²) < 4.78 is 11.6. The number of aromatic nitrogens is 1. The lowest BCUT2D eigenvalue weighted by Crippen LogP contribution is -2.21. The number of aliphatic hydroxyl groups excluding tert-OH is 1. The molecular formula is C32H38ClNO5. The summed E-state index contributed by atoms with van der Waals surface area (Å²) in [4.78, 5) is 15.9. The van der Waals surface area contributed by atoms with Gasteiger partial charge in [-0.25, -0.2) is 4.98 Å². The maximum atomic E-state index is 11.7. The number of hydrogen-bond donors (Lipinski definition) is 2. The second-order valence-electron chi connectivity index (χ2n) is 11.6. The minimum absolute atomic E-state index is 0.0789. The van der Waals surface area contributed by atoms with Gasteiger partial charge in [0, 0.05) is 24.2 Å². The highest BCUT2D eigenvalue weighted by molar-refractivity contribution is 6.33. The SMILES string of the molecule is CO.COc1cc(-c2ccc(COc3ccc4c(c3)C3(CCC4)CC3C(=O)O)cc2CC(C)(C)C)c(Cl)cn1. The van der Waals surface area contributed by atoms with Gasteiger partial charge in [-0.3, -0.25) is 4.79 Å². The average molecular weight is 552 g/mol. The van der Waals surface area contributed by atoms with Crippen molar-refractivity contribution in [2.24, 2.45) is 11.3 Å². The van der Waals surface area contributed by atoms with Gasteiger partial charge in [-0.05, 0) is 77.5 Å². The van der Waals surface area contributed by atoms with E-state index in [0.717, 1.165) is 61.7 Å². The molecule has 7 heteroatoms. The number of nitrogens with zero attached hydrogens (tertiary/aromatic N) is 1. The van der Waals surface area contributed by atoms with Crippen LogP contribution in [0.1, 0.15) is 62.3 Å². The highest BCUT2D eigenvalue weighted by atomic mass is 35.5. The topological polar surface area (TPSA) is 88.9 Å². The summed E-state index contributed by atoms with van der Waals surface area (Å²) >= 11 is 6.55. The van der Waals surface area contributed by atoms with E-state index in [1.165, 1.54) is 16.7 Å². The van der Waals surface area contributed by atoms with E-state index in [0.29, 0.717) is 17.5 Å². The summed E-state index contributed by atoms with van der Waals surface area (Å²) in [6.07, 6.45) is 6.23. The first-order chi connectivity index (χ1) is 18.6. The van der Waals surface area contributed by atoms with Crippen molar-refractivity contribution >= 4 is 17.6 Å². The van der Waals surface area contributed by atoms with Gasteiger partial charge in [0.15, 0.2) is 0 Å². The number of carbonyl (C=O) groups is 1. The molecule has 0 aliphatic heterocycles. The molecule has 208 valence electrons. The summed E-state index contributed by atoms with van der Waals surface area (Å²) in [6.45, 7) is 7.10. The molecule has 6 nitrogen and oxygen atoms in total. The molecule has 0 saturated heterocycles. The normalized spacial score (nSPS) is 19.5. The predicted molar refractivity (Wildman–Crippen MR) is 154 cm³/mol. The number of fused-ring (bicyclic) bond motifs is 2. The number of carboxylic acids is 1. The standard InChI is InChI=1S/C31H34ClNO4.CH4O/c1-30(2,3)15-21-12-19(7-10-23(21)24-14-28(36-4)33-17-27(24)32)18-37-22-9-8-20-6-5-11-31(25(20)13-22)16-26(31)29(34)35;1-2/h7-10,12-14,17,26H,5-6,11,15-16,18H2,1-4H3,(H,34,35);2H,1H3. The van der Waals surface area contributed by atoms with Gasteiger partial charge in [-0.15, -0.1) is 0 Å². The number of aliphatic hydroxyl groups is 1. The minimum atomic E-state index is -0.683. The van der Waals surface area contributed by atoms with Crippen molar-refractivity contribution in [2.45, 2.75) is 64.9 Å². The van der Waals surface area contributed by atoms with Crippen LogP contribution in [-0.2, 0) is 29.7 Å². The zero-order valence-electron chi connectivity index (χ0n) is 23.4. The van der Waals surface area contributed by atoms with E-state index in [9.17, 15) is 9.90 Å². The zero-order chi connectivity index (χ0) is 28.4. The number of pyridine rings is 1. The second kappa shape index (κ2) is 11.6. The molecule has 1 spiro atoms. The predicted octanol–water partition coefficient (Wildman–Crippen LogP) is 6.87. The van der Waals surface area contributed by atoms with E-state index in [1.54, 1.807) is 13.3 Å². The van der Waals surface area contributed by atoms with Gasteiger partial charge in [0.2, 0.25) is 5.88 Å². The molecular weight excluding hydrogens is 514 g/mol. The molecule has 2 N–H and O–H groups in total. The fourth-order valence-electron chi connectivity index (χ4n) is 5.88. The number of carboxylic acid groups (broad SMARTS) is 1. The summed E-state index contributed by atoms with van der Waals surface area (Å²) in [7, 11) is 2.60. The first kappa shape index (κ1) is 28.9. The van der Waals surface area contributed by atoms with E-state index in [2.05, 4.69) is 56.1 Å². The van der Waals surface area contributed by atoms with Crippen molar-refractivity contribution in [1.29, 1.82) is 0 Å². The number of benzene rings is 2. The highest BCUT2D eigenvalue weighted by Gasteiger charge is 2.60. The molecule has 2 aliphatic carbocycles. The molecule has 2 atom stereocenters. The van der Waals surface area contributed by atoms with E-state index in [-0.39, 0.29) is 16.7 Å². The monoisotopic (exact) mass is 551 g/mol. The van der Waals surface area contributed by atoms with Crippen LogP contribution in [0.15, 0.2) is 48.7 Å². The van der Waals surface area contributed by atoms with E-state index < -0.39 is 5.97 Å². The Bertz CT molecular complexity index is 1350. The third-order valence-corrected chi connectivity index (χ3v) is 7.99. The van der Waals surface area contributed by atoms with Crippen LogP contribution in [0.5, 0.6) is 11.6 Å². The third kappa shape index (κ3) is 6.23. The molecule has 1 fully saturated rings. The van der Waals surface area contributed by atoms with Crippen molar-refractivity contribution in [3.63, 3.8) is 0 Å². The van der Waals surface area contributed by atoms with Crippen molar-refractivity contribution in [1.82, 2.24) is 4.98 Å². The minimum Gasteiger partial charge on any atom is -0.489 e. The van der Waals surface area contributed by atoms with Crippen LogP contribution >= 0.6 is 11.6 Å². The fraction of sp³-hybridized carbons (Fsp3) is 0.438. The van der Waals surface area contributed by atoms with Crippen LogP contribution in [0.25, 0.3) is 11.1 Å². The van der Waals surface area contributed by atoms with Gasteiger partial charge in [0.25, 0.3) is 0 Å². The van der Waals surface area contributed by atoms with Crippen LogP contribution in [0.2, 0.25) is 5.02 Å². The van der Waals surface area contributed by atoms with E-state index >= 15 is 0 Å². The zero-order valence-corrected chi connectivity index (χ0v) is 24.1. The Hall–Kier alpha value is -3.09. The number of aryl methyl sites for hydroxylation is 1. The molecule has 1 heterocycles. The third-order valence-electron chi connectivity index (χ3n) is 7.69. The Kier molecular flexibility index (Phi) is 8.57. The van der Waals surface area contributed by atoms with Gasteiger partial charge >= 0.3 is 5.97 Å². The van der Waals surface area contributed by atoms with Gasteiger partial charge in [0.1, 0.15) is 12.4 Å². The molecule has 2 aliphatic rings. The van der Waals surface area contributed by atoms with Crippen molar-refractivity contribution < 1.29 is 24.5 Å². The number of ether oxygens (including phenoxy) is 2. The number of hydrogen-bond acceptors (Lipinski definition) is 5. The summed E-state index contributed by atoms with van der Waals surface area (Å²) in [5.74, 6) is 0.365. The smallest absolute Gasteiger partial charge is 0.307 e. The lowest BCUT2D eigenvalue weighted by atomic mass is 9.78. The molecule has 5 rings (SSSR count). The highest BCUT2D eigenvalue weighted by Crippen LogP contribution is 2.60. The first-order valence-electron chi connectivity index (χ1n) is 13.3. The Morgan fingerprint density at radius 1 is 1.13 bits per heavy atom. The number of rotatable bonds is 7. The van der Waals surface area contributed by atoms with Crippen LogP contribution in [0.4, 0.5) is 0 Å². The molecule has 2 aromatic carbocycles. The van der Waals surface area contributed by atoms with Crippen LogP contribution in [0, 0.1) is 11.3 Å². The Morgan fingerprint density at radius 2 is 1.90 bits per heavy atom. The fourth-order valence-corrected chi connectivity index (χ4v) is 6.09. The van der Waals surface area contributed by atoms with E-state index in [1.807, 2.05) is 12.1 Å². The number of methoxy groups -OCH3 is 1. The second-order valence-corrected chi connectivity index (χ2v) is 12.1. The Balaban J connectivity index is 0.00000172. The molecule has 39 heavy (non-hydrogen) atoms. The van der Waals surface area contributed by atoms with Gasteiger partial charge in [-0.1, -0.05) is 56.6 Å².